The average molecular weight is 188 g/mol. The van der Waals surface area contributed by atoms with Crippen LogP contribution in [-0.4, -0.2) is 16.7 Å². The molecule has 72 valence electrons. The number of rotatable bonds is 3. The highest BCUT2D eigenvalue weighted by atomic mass is 16.5. The molecule has 2 rings (SSSR count). The molecule has 0 aliphatic heterocycles. The number of ether oxygens (including phenoxy) is 1. The monoisotopic (exact) mass is 188 g/mol. The maximum absolute atomic E-state index is 5.40. The SMILES string of the molecule is COC(c1ccccc1)n1ccnc1. The maximum atomic E-state index is 5.40. The van der Waals surface area contributed by atoms with E-state index in [2.05, 4.69) is 4.98 Å². The second-order valence-corrected chi connectivity index (χ2v) is 3.01. The molecule has 3 heteroatoms. The van der Waals surface area contributed by atoms with E-state index in [0.717, 1.165) is 5.56 Å². The van der Waals surface area contributed by atoms with Crippen LogP contribution in [0.3, 0.4) is 0 Å². The Morgan fingerprint density at radius 2 is 2.07 bits per heavy atom. The summed E-state index contributed by atoms with van der Waals surface area (Å²) < 4.78 is 7.33. The van der Waals surface area contributed by atoms with Gasteiger partial charge in [-0.15, -0.1) is 0 Å². The zero-order valence-corrected chi connectivity index (χ0v) is 8.00. The first-order valence-corrected chi connectivity index (χ1v) is 4.47. The lowest BCUT2D eigenvalue weighted by Crippen LogP contribution is -2.10. The third-order valence-electron chi connectivity index (χ3n) is 2.10. The van der Waals surface area contributed by atoms with E-state index in [0.29, 0.717) is 0 Å². The van der Waals surface area contributed by atoms with Gasteiger partial charge >= 0.3 is 0 Å². The molecule has 2 aromatic rings. The molecule has 0 saturated carbocycles. The van der Waals surface area contributed by atoms with Gasteiger partial charge in [0.15, 0.2) is 6.23 Å². The summed E-state index contributed by atoms with van der Waals surface area (Å²) in [5.41, 5.74) is 1.12. The largest absolute Gasteiger partial charge is 0.357 e. The lowest BCUT2D eigenvalue weighted by atomic mass is 10.2. The van der Waals surface area contributed by atoms with Gasteiger partial charge in [0.25, 0.3) is 0 Å². The molecule has 1 aromatic carbocycles. The first-order chi connectivity index (χ1) is 6.92. The molecule has 0 radical (unpaired) electrons. The van der Waals surface area contributed by atoms with Crippen molar-refractivity contribution < 1.29 is 4.74 Å². The summed E-state index contributed by atoms with van der Waals surface area (Å²) in [5, 5.41) is 0. The standard InChI is InChI=1S/C11H12N2O/c1-14-11(13-8-7-12-9-13)10-5-3-2-4-6-10/h2-9,11H,1H3. The van der Waals surface area contributed by atoms with Crippen molar-refractivity contribution in [2.24, 2.45) is 0 Å². The van der Waals surface area contributed by atoms with Crippen LogP contribution in [0.4, 0.5) is 0 Å². The zero-order valence-electron chi connectivity index (χ0n) is 8.00. The van der Waals surface area contributed by atoms with Gasteiger partial charge < -0.3 is 9.30 Å². The zero-order chi connectivity index (χ0) is 9.80. The normalized spacial score (nSPS) is 12.6. The fourth-order valence-corrected chi connectivity index (χ4v) is 1.46. The Labute approximate surface area is 83.0 Å². The van der Waals surface area contributed by atoms with Crippen LogP contribution in [0.1, 0.15) is 11.8 Å². The molecule has 0 saturated heterocycles. The number of nitrogens with zero attached hydrogens (tertiary/aromatic N) is 2. The van der Waals surface area contributed by atoms with Gasteiger partial charge in [-0.3, -0.25) is 0 Å². The summed E-state index contributed by atoms with van der Waals surface area (Å²) in [6, 6.07) is 10.1. The van der Waals surface area contributed by atoms with E-state index in [-0.39, 0.29) is 6.23 Å². The number of imidazole rings is 1. The second-order valence-electron chi connectivity index (χ2n) is 3.01. The van der Waals surface area contributed by atoms with E-state index in [4.69, 9.17) is 4.74 Å². The first-order valence-electron chi connectivity index (χ1n) is 4.47. The Balaban J connectivity index is 2.31. The molecule has 14 heavy (non-hydrogen) atoms. The minimum Gasteiger partial charge on any atom is -0.357 e. The number of benzene rings is 1. The van der Waals surface area contributed by atoms with E-state index in [1.807, 2.05) is 41.1 Å². The number of hydrogen-bond acceptors (Lipinski definition) is 2. The summed E-state index contributed by atoms with van der Waals surface area (Å²) >= 11 is 0. The van der Waals surface area contributed by atoms with Crippen LogP contribution < -0.4 is 0 Å². The molecular weight excluding hydrogens is 176 g/mol. The van der Waals surface area contributed by atoms with Gasteiger partial charge in [-0.25, -0.2) is 4.98 Å². The molecule has 0 spiro atoms. The minimum absolute atomic E-state index is 0.0845. The molecular formula is C11H12N2O. The minimum atomic E-state index is -0.0845. The van der Waals surface area contributed by atoms with Crippen LogP contribution in [0.25, 0.3) is 0 Å². The van der Waals surface area contributed by atoms with E-state index < -0.39 is 0 Å². The van der Waals surface area contributed by atoms with Crippen LogP contribution in [0.15, 0.2) is 49.1 Å². The van der Waals surface area contributed by atoms with E-state index in [9.17, 15) is 0 Å². The predicted octanol–water partition coefficient (Wildman–Crippen LogP) is 2.08. The Bertz CT molecular complexity index is 369. The third-order valence-corrected chi connectivity index (χ3v) is 2.10. The molecule has 0 bridgehead atoms. The molecule has 0 amide bonds. The molecule has 1 unspecified atom stereocenters. The van der Waals surface area contributed by atoms with Crippen molar-refractivity contribution in [1.29, 1.82) is 0 Å². The third kappa shape index (κ3) is 1.67. The summed E-state index contributed by atoms with van der Waals surface area (Å²) in [6.07, 6.45) is 5.30. The van der Waals surface area contributed by atoms with E-state index in [1.165, 1.54) is 0 Å². The van der Waals surface area contributed by atoms with Gasteiger partial charge in [0, 0.05) is 25.1 Å². The number of hydrogen-bond donors (Lipinski definition) is 0. The summed E-state index contributed by atoms with van der Waals surface area (Å²) in [4.78, 5) is 4.00. The fourth-order valence-electron chi connectivity index (χ4n) is 1.46. The lowest BCUT2D eigenvalue weighted by molar-refractivity contribution is 0.0785. The Morgan fingerprint density at radius 3 is 2.64 bits per heavy atom. The molecule has 0 fully saturated rings. The molecule has 0 aliphatic rings. The fraction of sp³-hybridized carbons (Fsp3) is 0.182. The van der Waals surface area contributed by atoms with Crippen LogP contribution >= 0.6 is 0 Å². The van der Waals surface area contributed by atoms with Crippen molar-refractivity contribution >= 4 is 0 Å². The summed E-state index contributed by atoms with van der Waals surface area (Å²) in [5.74, 6) is 0. The molecule has 3 nitrogen and oxygen atoms in total. The Hall–Kier alpha value is -1.61. The summed E-state index contributed by atoms with van der Waals surface area (Å²) in [6.45, 7) is 0. The van der Waals surface area contributed by atoms with Crippen LogP contribution in [0.5, 0.6) is 0 Å². The highest BCUT2D eigenvalue weighted by molar-refractivity contribution is 5.17. The van der Waals surface area contributed by atoms with Gasteiger partial charge in [0.2, 0.25) is 0 Å². The lowest BCUT2D eigenvalue weighted by Gasteiger charge is -2.16. The van der Waals surface area contributed by atoms with Gasteiger partial charge in [-0.1, -0.05) is 30.3 Å². The van der Waals surface area contributed by atoms with Crippen LogP contribution in [-0.2, 0) is 4.74 Å². The van der Waals surface area contributed by atoms with E-state index in [1.54, 1.807) is 19.6 Å². The Morgan fingerprint density at radius 1 is 1.29 bits per heavy atom. The highest BCUT2D eigenvalue weighted by Gasteiger charge is 2.10. The summed E-state index contributed by atoms with van der Waals surface area (Å²) in [7, 11) is 1.69. The van der Waals surface area contributed by atoms with Gasteiger partial charge in [0.05, 0.1) is 6.33 Å². The molecule has 1 heterocycles. The van der Waals surface area contributed by atoms with Crippen molar-refractivity contribution in [3.05, 3.63) is 54.6 Å². The molecule has 0 aliphatic carbocycles. The van der Waals surface area contributed by atoms with Crippen molar-refractivity contribution in [3.63, 3.8) is 0 Å². The maximum Gasteiger partial charge on any atom is 0.160 e. The number of methoxy groups -OCH3 is 1. The predicted molar refractivity (Wildman–Crippen MR) is 53.8 cm³/mol. The first kappa shape index (κ1) is 8.97. The van der Waals surface area contributed by atoms with E-state index >= 15 is 0 Å². The van der Waals surface area contributed by atoms with Gasteiger partial charge in [0.1, 0.15) is 0 Å². The molecule has 0 N–H and O–H groups in total. The highest BCUT2D eigenvalue weighted by Crippen LogP contribution is 2.17. The second kappa shape index (κ2) is 4.07. The molecule has 1 aromatic heterocycles. The quantitative estimate of drug-likeness (QED) is 0.737. The van der Waals surface area contributed by atoms with Crippen molar-refractivity contribution in [2.75, 3.05) is 7.11 Å². The topological polar surface area (TPSA) is 27.1 Å². The van der Waals surface area contributed by atoms with Crippen LogP contribution in [0.2, 0.25) is 0 Å². The molecule has 1 atom stereocenters. The van der Waals surface area contributed by atoms with Gasteiger partial charge in [-0.2, -0.15) is 0 Å². The van der Waals surface area contributed by atoms with Crippen molar-refractivity contribution in [3.8, 4) is 0 Å². The Kier molecular flexibility index (Phi) is 2.60. The van der Waals surface area contributed by atoms with Gasteiger partial charge in [-0.05, 0) is 0 Å². The number of aromatic nitrogens is 2. The van der Waals surface area contributed by atoms with Crippen molar-refractivity contribution in [2.45, 2.75) is 6.23 Å². The smallest absolute Gasteiger partial charge is 0.160 e. The average Bonchev–Trinajstić information content (AvgIpc) is 2.74. The van der Waals surface area contributed by atoms with Crippen LogP contribution in [0, 0.1) is 0 Å². The van der Waals surface area contributed by atoms with Crippen molar-refractivity contribution in [1.82, 2.24) is 9.55 Å².